The highest BCUT2D eigenvalue weighted by molar-refractivity contribution is 6.33. The lowest BCUT2D eigenvalue weighted by Gasteiger charge is -2.34. The molecule has 0 aliphatic carbocycles. The number of nitrogens with zero attached hydrogens (tertiary/aromatic N) is 6. The van der Waals surface area contributed by atoms with Crippen LogP contribution in [0.25, 0.3) is 22.4 Å². The van der Waals surface area contributed by atoms with E-state index in [4.69, 9.17) is 40.9 Å². The highest BCUT2D eigenvalue weighted by atomic mass is 35.5. The van der Waals surface area contributed by atoms with Gasteiger partial charge in [0.15, 0.2) is 5.82 Å². The summed E-state index contributed by atoms with van der Waals surface area (Å²) >= 11 is 6.48. The van der Waals surface area contributed by atoms with E-state index in [0.29, 0.717) is 64.9 Å². The van der Waals surface area contributed by atoms with Crippen LogP contribution in [0.4, 0.5) is 25.1 Å². The van der Waals surface area contributed by atoms with E-state index in [1.165, 1.54) is 18.0 Å². The Balaban J connectivity index is 1.33. The molecule has 3 aromatic heterocycles. The highest BCUT2D eigenvalue weighted by Crippen LogP contribution is 2.37. The molecule has 50 heavy (non-hydrogen) atoms. The standard InChI is InChI=1S/C36H38ClF2N7O4/c1-36(2,3)50-35(47)45-13-10-22(11-14-45)25-19-41-34(43-33(25)42-30-9-12-40-20-27(30)37)32-24-7-5-6-8-31(24)46(44-32)21-26-28(38)17-23(18-29(26)39)49-16-15-48-4/h5-9,12,17-20,22H,10-11,13-16,21H2,1-4H3,(H,40,41,42,43). The molecule has 0 unspecified atom stereocenters. The number of nitrogens with one attached hydrogen (secondary N) is 1. The SMILES string of the molecule is COCCOc1cc(F)c(Cn2nc(-c3ncc(C4CCN(C(=O)OC(C)(C)C)CC4)c(Nc4ccncc4Cl)n3)c3ccccc32)c(F)c1. The summed E-state index contributed by atoms with van der Waals surface area (Å²) in [6.45, 7) is 6.84. The molecule has 1 aliphatic heterocycles. The fourth-order valence-electron chi connectivity index (χ4n) is 5.83. The van der Waals surface area contributed by atoms with Gasteiger partial charge in [0.2, 0.25) is 0 Å². The van der Waals surface area contributed by atoms with E-state index in [2.05, 4.69) is 10.3 Å². The first-order valence-electron chi connectivity index (χ1n) is 16.3. The molecule has 14 heteroatoms. The van der Waals surface area contributed by atoms with Gasteiger partial charge in [-0.1, -0.05) is 29.8 Å². The first kappa shape index (κ1) is 35.0. The summed E-state index contributed by atoms with van der Waals surface area (Å²) in [6.07, 6.45) is 5.94. The van der Waals surface area contributed by atoms with Gasteiger partial charge in [0.1, 0.15) is 41.1 Å². The number of para-hydroxylation sites is 1. The molecule has 1 aliphatic rings. The van der Waals surface area contributed by atoms with Crippen molar-refractivity contribution in [3.8, 4) is 17.3 Å². The molecular formula is C36H38ClF2N7O4. The molecule has 0 radical (unpaired) electrons. The minimum absolute atomic E-state index is 0.0348. The molecule has 11 nitrogen and oxygen atoms in total. The van der Waals surface area contributed by atoms with Crippen molar-refractivity contribution in [3.05, 3.63) is 88.8 Å². The normalized spacial score (nSPS) is 13.9. The number of ether oxygens (including phenoxy) is 3. The minimum atomic E-state index is -0.752. The number of likely N-dealkylation sites (tertiary alicyclic amines) is 1. The van der Waals surface area contributed by atoms with E-state index in [1.54, 1.807) is 23.4 Å². The topological polar surface area (TPSA) is 117 Å². The summed E-state index contributed by atoms with van der Waals surface area (Å²) in [7, 11) is 1.52. The van der Waals surface area contributed by atoms with E-state index in [1.807, 2.05) is 45.0 Å². The lowest BCUT2D eigenvalue weighted by molar-refractivity contribution is 0.0205. The molecule has 0 saturated carbocycles. The van der Waals surface area contributed by atoms with Crippen LogP contribution < -0.4 is 10.1 Å². The fourth-order valence-corrected chi connectivity index (χ4v) is 5.99. The predicted molar refractivity (Wildman–Crippen MR) is 186 cm³/mol. The van der Waals surface area contributed by atoms with E-state index >= 15 is 8.78 Å². The number of rotatable bonds is 10. The number of hydrogen-bond acceptors (Lipinski definition) is 9. The van der Waals surface area contributed by atoms with Crippen molar-refractivity contribution < 1.29 is 27.8 Å². The number of benzene rings is 2. The van der Waals surface area contributed by atoms with Crippen molar-refractivity contribution in [1.82, 2.24) is 29.6 Å². The maximum Gasteiger partial charge on any atom is 0.410 e. The largest absolute Gasteiger partial charge is 0.491 e. The van der Waals surface area contributed by atoms with Gasteiger partial charge in [-0.2, -0.15) is 5.10 Å². The Morgan fingerprint density at radius 1 is 1.06 bits per heavy atom. The lowest BCUT2D eigenvalue weighted by atomic mass is 9.90. The summed E-state index contributed by atoms with van der Waals surface area (Å²) in [6, 6.07) is 11.4. The second kappa shape index (κ2) is 14.9. The van der Waals surface area contributed by atoms with Crippen LogP contribution in [0, 0.1) is 11.6 Å². The number of halogens is 3. The van der Waals surface area contributed by atoms with E-state index < -0.39 is 17.2 Å². The van der Waals surface area contributed by atoms with Crippen molar-refractivity contribution in [2.45, 2.75) is 51.7 Å². The smallest absolute Gasteiger partial charge is 0.410 e. The molecule has 1 saturated heterocycles. The molecule has 1 fully saturated rings. The zero-order valence-corrected chi connectivity index (χ0v) is 29.0. The lowest BCUT2D eigenvalue weighted by Crippen LogP contribution is -2.41. The maximum atomic E-state index is 15.2. The van der Waals surface area contributed by atoms with Crippen LogP contribution in [0.1, 0.15) is 50.7 Å². The Hall–Kier alpha value is -4.88. The number of amides is 1. The molecule has 6 rings (SSSR count). The number of carbonyl (C=O) groups excluding carboxylic acids is 1. The van der Waals surface area contributed by atoms with Gasteiger partial charge >= 0.3 is 6.09 Å². The first-order chi connectivity index (χ1) is 24.0. The Labute approximate surface area is 293 Å². The second-order valence-corrected chi connectivity index (χ2v) is 13.4. The summed E-state index contributed by atoms with van der Waals surface area (Å²) in [5, 5.41) is 9.26. The van der Waals surface area contributed by atoms with Gasteiger partial charge in [0.05, 0.1) is 29.4 Å². The predicted octanol–water partition coefficient (Wildman–Crippen LogP) is 7.75. The molecule has 1 amide bonds. The Bertz CT molecular complexity index is 1970. The van der Waals surface area contributed by atoms with Crippen LogP contribution in [0.2, 0.25) is 5.02 Å². The van der Waals surface area contributed by atoms with E-state index in [0.717, 1.165) is 17.7 Å². The maximum absolute atomic E-state index is 15.2. The molecule has 0 atom stereocenters. The average Bonchev–Trinajstić information content (AvgIpc) is 3.45. The molecule has 1 N–H and O–H groups in total. The summed E-state index contributed by atoms with van der Waals surface area (Å²) < 4.78 is 47.9. The number of piperidine rings is 1. The molecule has 4 heterocycles. The van der Waals surface area contributed by atoms with Gasteiger partial charge in [-0.05, 0) is 51.7 Å². The van der Waals surface area contributed by atoms with E-state index in [9.17, 15) is 4.79 Å². The minimum Gasteiger partial charge on any atom is -0.491 e. The van der Waals surface area contributed by atoms with Gasteiger partial charge in [0, 0.05) is 67.4 Å². The van der Waals surface area contributed by atoms with Gasteiger partial charge in [-0.15, -0.1) is 0 Å². The molecule has 5 aromatic rings. The number of aromatic nitrogens is 5. The summed E-state index contributed by atoms with van der Waals surface area (Å²) in [5.41, 5.74) is 1.81. The van der Waals surface area contributed by atoms with Gasteiger partial charge in [0.25, 0.3) is 0 Å². The van der Waals surface area contributed by atoms with Crippen molar-refractivity contribution in [1.29, 1.82) is 0 Å². The quantitative estimate of drug-likeness (QED) is 0.146. The first-order valence-corrected chi connectivity index (χ1v) is 16.7. The number of carbonyl (C=O) groups is 1. The summed E-state index contributed by atoms with van der Waals surface area (Å²) in [5.74, 6) is -0.558. The Morgan fingerprint density at radius 2 is 1.80 bits per heavy atom. The highest BCUT2D eigenvalue weighted by Gasteiger charge is 2.30. The van der Waals surface area contributed by atoms with Crippen LogP contribution in [0.15, 0.2) is 61.1 Å². The van der Waals surface area contributed by atoms with Gasteiger partial charge in [-0.3, -0.25) is 9.67 Å². The molecule has 0 bridgehead atoms. The third-order valence-electron chi connectivity index (χ3n) is 8.28. The second-order valence-electron chi connectivity index (χ2n) is 12.9. The number of hydrogen-bond donors (Lipinski definition) is 1. The number of anilines is 2. The fraction of sp³-hybridized carbons (Fsp3) is 0.361. The number of fused-ring (bicyclic) bond motifs is 1. The molecule has 262 valence electrons. The Kier molecular flexibility index (Phi) is 10.4. The van der Waals surface area contributed by atoms with Crippen LogP contribution in [-0.2, 0) is 16.0 Å². The third-order valence-corrected chi connectivity index (χ3v) is 8.58. The zero-order valence-electron chi connectivity index (χ0n) is 28.3. The van der Waals surface area contributed by atoms with Crippen LogP contribution in [-0.4, -0.2) is 74.7 Å². The van der Waals surface area contributed by atoms with Gasteiger partial charge < -0.3 is 24.4 Å². The summed E-state index contributed by atoms with van der Waals surface area (Å²) in [4.78, 5) is 28.2. The van der Waals surface area contributed by atoms with Crippen molar-refractivity contribution in [2.24, 2.45) is 0 Å². The monoisotopic (exact) mass is 705 g/mol. The van der Waals surface area contributed by atoms with E-state index in [-0.39, 0.29) is 43.1 Å². The van der Waals surface area contributed by atoms with Crippen molar-refractivity contribution >= 4 is 40.1 Å². The van der Waals surface area contributed by atoms with Gasteiger partial charge in [-0.25, -0.2) is 23.5 Å². The zero-order chi connectivity index (χ0) is 35.4. The molecule has 0 spiro atoms. The van der Waals surface area contributed by atoms with Crippen molar-refractivity contribution in [2.75, 3.05) is 38.7 Å². The van der Waals surface area contributed by atoms with Crippen LogP contribution >= 0.6 is 11.6 Å². The van der Waals surface area contributed by atoms with Crippen LogP contribution in [0.3, 0.4) is 0 Å². The Morgan fingerprint density at radius 3 is 2.50 bits per heavy atom. The molecular weight excluding hydrogens is 668 g/mol. The number of methoxy groups -OCH3 is 1. The third kappa shape index (κ3) is 7.95. The average molecular weight is 706 g/mol. The van der Waals surface area contributed by atoms with Crippen molar-refractivity contribution in [3.63, 3.8) is 0 Å². The van der Waals surface area contributed by atoms with Crippen LogP contribution in [0.5, 0.6) is 5.75 Å². The molecule has 2 aromatic carbocycles. The number of pyridine rings is 1.